The Bertz CT molecular complexity index is 772. The molecule has 0 bridgehead atoms. The lowest BCUT2D eigenvalue weighted by Gasteiger charge is -2.32. The summed E-state index contributed by atoms with van der Waals surface area (Å²) in [5.41, 5.74) is 2.99. The molecule has 1 saturated heterocycles. The minimum atomic E-state index is -0.216. The Morgan fingerprint density at radius 3 is 2.54 bits per heavy atom. The van der Waals surface area contributed by atoms with E-state index in [1.165, 1.54) is 36.4 Å². The third-order valence-corrected chi connectivity index (χ3v) is 6.35. The molecule has 1 fully saturated rings. The summed E-state index contributed by atoms with van der Waals surface area (Å²) in [7, 11) is 0. The van der Waals surface area contributed by atoms with Crippen LogP contribution in [0.15, 0.2) is 48.5 Å². The van der Waals surface area contributed by atoms with Crippen LogP contribution in [0.3, 0.4) is 0 Å². The van der Waals surface area contributed by atoms with E-state index in [0.717, 1.165) is 24.6 Å². The molecule has 28 heavy (non-hydrogen) atoms. The number of carbonyl (C=O) groups excluding carboxylic acids is 1. The summed E-state index contributed by atoms with van der Waals surface area (Å²) >= 11 is 1.43. The van der Waals surface area contributed by atoms with E-state index in [-0.39, 0.29) is 17.8 Å². The van der Waals surface area contributed by atoms with E-state index in [0.29, 0.717) is 17.1 Å². The highest BCUT2D eigenvalue weighted by atomic mass is 32.2. The van der Waals surface area contributed by atoms with Crippen molar-refractivity contribution in [3.63, 3.8) is 0 Å². The number of halogens is 1. The number of amides is 1. The molecule has 3 nitrogen and oxygen atoms in total. The topological polar surface area (TPSA) is 32.3 Å². The van der Waals surface area contributed by atoms with E-state index >= 15 is 0 Å². The van der Waals surface area contributed by atoms with Gasteiger partial charge >= 0.3 is 0 Å². The molecule has 1 aliphatic heterocycles. The average molecular weight is 401 g/mol. The van der Waals surface area contributed by atoms with Gasteiger partial charge in [0.2, 0.25) is 5.91 Å². The number of anilines is 1. The van der Waals surface area contributed by atoms with Crippen molar-refractivity contribution in [1.82, 2.24) is 5.32 Å². The zero-order valence-corrected chi connectivity index (χ0v) is 17.5. The Morgan fingerprint density at radius 2 is 1.86 bits per heavy atom. The quantitative estimate of drug-likeness (QED) is 0.696. The number of nitrogens with one attached hydrogen (secondary N) is 1. The number of hydrogen-bond donors (Lipinski definition) is 1. The fraction of sp³-hybridized carbons (Fsp3) is 0.435. The Morgan fingerprint density at radius 1 is 1.18 bits per heavy atom. The van der Waals surface area contributed by atoms with Crippen LogP contribution in [-0.4, -0.2) is 24.7 Å². The van der Waals surface area contributed by atoms with Gasteiger partial charge in [-0.25, -0.2) is 4.39 Å². The number of hydrogen-bond acceptors (Lipinski definition) is 3. The second-order valence-corrected chi connectivity index (χ2v) is 8.62. The highest BCUT2D eigenvalue weighted by Gasteiger charge is 2.16. The summed E-state index contributed by atoms with van der Waals surface area (Å²) in [4.78, 5) is 14.6. The van der Waals surface area contributed by atoms with Gasteiger partial charge in [0.25, 0.3) is 0 Å². The van der Waals surface area contributed by atoms with Crippen molar-refractivity contribution >= 4 is 23.4 Å². The van der Waals surface area contributed by atoms with Gasteiger partial charge in [0.05, 0.1) is 11.8 Å². The molecule has 2 aromatic carbocycles. The van der Waals surface area contributed by atoms with Gasteiger partial charge in [-0.15, -0.1) is 11.8 Å². The average Bonchev–Trinajstić information content (AvgIpc) is 2.70. The molecule has 0 spiro atoms. The first kappa shape index (κ1) is 20.7. The third kappa shape index (κ3) is 5.74. The van der Waals surface area contributed by atoms with Crippen LogP contribution >= 0.6 is 11.8 Å². The summed E-state index contributed by atoms with van der Waals surface area (Å²) in [6, 6.07) is 15.2. The number of piperidine rings is 1. The van der Waals surface area contributed by atoms with Crippen molar-refractivity contribution in [2.24, 2.45) is 5.92 Å². The number of rotatable bonds is 7. The van der Waals surface area contributed by atoms with Crippen molar-refractivity contribution in [2.45, 2.75) is 38.5 Å². The fourth-order valence-electron chi connectivity index (χ4n) is 3.48. The predicted molar refractivity (Wildman–Crippen MR) is 116 cm³/mol. The van der Waals surface area contributed by atoms with Crippen molar-refractivity contribution in [1.29, 1.82) is 0 Å². The standard InChI is InChI=1S/C23H29FN2OS/c1-17-11-13-26(14-12-17)21-9-7-19(8-10-21)18(2)25-23(27)16-28-15-20-5-3-4-6-22(20)24/h3-10,17-18H,11-16H2,1-2H3,(H,25,27)/t18-/m0/s1. The van der Waals surface area contributed by atoms with E-state index < -0.39 is 0 Å². The van der Waals surface area contributed by atoms with E-state index in [1.807, 2.05) is 13.0 Å². The van der Waals surface area contributed by atoms with Gasteiger partial charge in [0.1, 0.15) is 5.82 Å². The highest BCUT2D eigenvalue weighted by molar-refractivity contribution is 7.99. The summed E-state index contributed by atoms with van der Waals surface area (Å²) in [6.45, 7) is 6.55. The molecule has 150 valence electrons. The van der Waals surface area contributed by atoms with Crippen LogP contribution in [0, 0.1) is 11.7 Å². The van der Waals surface area contributed by atoms with Gasteiger partial charge < -0.3 is 10.2 Å². The number of thioether (sulfide) groups is 1. The largest absolute Gasteiger partial charge is 0.372 e. The van der Waals surface area contributed by atoms with Gasteiger partial charge in [-0.05, 0) is 55.0 Å². The first-order chi connectivity index (χ1) is 13.5. The van der Waals surface area contributed by atoms with Gasteiger partial charge in [-0.1, -0.05) is 37.3 Å². The summed E-state index contributed by atoms with van der Waals surface area (Å²) in [6.07, 6.45) is 2.50. The zero-order chi connectivity index (χ0) is 19.9. The van der Waals surface area contributed by atoms with Crippen LogP contribution in [0.5, 0.6) is 0 Å². The molecule has 0 saturated carbocycles. The molecule has 0 aliphatic carbocycles. The van der Waals surface area contributed by atoms with Crippen LogP contribution in [0.4, 0.5) is 10.1 Å². The maximum absolute atomic E-state index is 13.6. The first-order valence-corrected chi connectivity index (χ1v) is 11.1. The van der Waals surface area contributed by atoms with Gasteiger partial charge in [0, 0.05) is 24.5 Å². The Hall–Kier alpha value is -2.01. The normalized spacial score (nSPS) is 16.0. The molecule has 0 radical (unpaired) electrons. The molecular formula is C23H29FN2OS. The lowest BCUT2D eigenvalue weighted by molar-refractivity contribution is -0.119. The minimum Gasteiger partial charge on any atom is -0.372 e. The molecule has 1 atom stereocenters. The summed E-state index contributed by atoms with van der Waals surface area (Å²) < 4.78 is 13.6. The van der Waals surface area contributed by atoms with Crippen LogP contribution in [-0.2, 0) is 10.5 Å². The molecular weight excluding hydrogens is 371 g/mol. The predicted octanol–water partition coefficient (Wildman–Crippen LogP) is 5.17. The van der Waals surface area contributed by atoms with Gasteiger partial charge in [0.15, 0.2) is 0 Å². The van der Waals surface area contributed by atoms with Gasteiger partial charge in [-0.3, -0.25) is 4.79 Å². The molecule has 1 N–H and O–H groups in total. The Balaban J connectivity index is 1.45. The van der Waals surface area contributed by atoms with Crippen molar-refractivity contribution in [3.8, 4) is 0 Å². The first-order valence-electron chi connectivity index (χ1n) is 9.98. The maximum Gasteiger partial charge on any atom is 0.230 e. The van der Waals surface area contributed by atoms with E-state index in [1.54, 1.807) is 12.1 Å². The molecule has 5 heteroatoms. The van der Waals surface area contributed by atoms with Gasteiger partial charge in [-0.2, -0.15) is 0 Å². The summed E-state index contributed by atoms with van der Waals surface area (Å²) in [5, 5.41) is 3.03. The Labute approximate surface area is 171 Å². The Kier molecular flexibility index (Phi) is 7.37. The second-order valence-electron chi connectivity index (χ2n) is 7.63. The fourth-order valence-corrected chi connectivity index (χ4v) is 4.30. The number of carbonyl (C=O) groups is 1. The van der Waals surface area contributed by atoms with Crippen molar-refractivity contribution < 1.29 is 9.18 Å². The van der Waals surface area contributed by atoms with Crippen LogP contribution in [0.2, 0.25) is 0 Å². The SMILES string of the molecule is CC1CCN(c2ccc([C@H](C)NC(=O)CSCc3ccccc3F)cc2)CC1. The minimum absolute atomic E-state index is 0.0251. The van der Waals surface area contributed by atoms with Crippen LogP contribution < -0.4 is 10.2 Å². The van der Waals surface area contributed by atoms with Crippen LogP contribution in [0.25, 0.3) is 0 Å². The maximum atomic E-state index is 13.6. The molecule has 2 aromatic rings. The third-order valence-electron chi connectivity index (χ3n) is 5.37. The summed E-state index contributed by atoms with van der Waals surface area (Å²) in [5.74, 6) is 1.40. The van der Waals surface area contributed by atoms with Crippen LogP contribution in [0.1, 0.15) is 43.9 Å². The van der Waals surface area contributed by atoms with E-state index in [4.69, 9.17) is 0 Å². The zero-order valence-electron chi connectivity index (χ0n) is 16.7. The molecule has 3 rings (SSSR count). The molecule has 0 unspecified atom stereocenters. The monoisotopic (exact) mass is 400 g/mol. The van der Waals surface area contributed by atoms with E-state index in [2.05, 4.69) is 41.4 Å². The lowest BCUT2D eigenvalue weighted by Crippen LogP contribution is -2.32. The van der Waals surface area contributed by atoms with Crippen molar-refractivity contribution in [2.75, 3.05) is 23.7 Å². The number of nitrogens with zero attached hydrogens (tertiary/aromatic N) is 1. The molecule has 1 aliphatic rings. The highest BCUT2D eigenvalue weighted by Crippen LogP contribution is 2.24. The molecule has 1 amide bonds. The number of benzene rings is 2. The lowest BCUT2D eigenvalue weighted by atomic mass is 9.98. The van der Waals surface area contributed by atoms with E-state index in [9.17, 15) is 9.18 Å². The molecule has 1 heterocycles. The van der Waals surface area contributed by atoms with Crippen molar-refractivity contribution in [3.05, 3.63) is 65.5 Å². The second kappa shape index (κ2) is 9.97. The molecule has 0 aromatic heterocycles. The smallest absolute Gasteiger partial charge is 0.230 e.